The number of pyridine rings is 2. The highest BCUT2D eigenvalue weighted by Gasteiger charge is 2.02. The van der Waals surface area contributed by atoms with Crippen LogP contribution in [0.15, 0.2) is 67.0 Å². The van der Waals surface area contributed by atoms with Gasteiger partial charge in [-0.1, -0.05) is 48.2 Å². The molecule has 0 saturated carbocycles. The summed E-state index contributed by atoms with van der Waals surface area (Å²) in [7, 11) is 0. The number of fused-ring (bicyclic) bond motifs is 3. The standard InChI is InChI=1S/C21H14N2/c1-15-6-2-3-7-17(15)11-10-16-12-19-18-8-4-5-9-20(18)23-14-21(19)22-13-16/h2-9,12-14H,1H3. The fourth-order valence-electron chi connectivity index (χ4n) is 2.66. The van der Waals surface area contributed by atoms with Gasteiger partial charge in [-0.15, -0.1) is 0 Å². The van der Waals surface area contributed by atoms with Crippen molar-refractivity contribution in [1.82, 2.24) is 9.97 Å². The van der Waals surface area contributed by atoms with E-state index in [0.717, 1.165) is 32.9 Å². The molecule has 0 aliphatic heterocycles. The van der Waals surface area contributed by atoms with Gasteiger partial charge in [0.1, 0.15) is 0 Å². The number of aryl methyl sites for hydroxylation is 1. The van der Waals surface area contributed by atoms with Crippen molar-refractivity contribution in [3.8, 4) is 11.8 Å². The van der Waals surface area contributed by atoms with Gasteiger partial charge in [0.05, 0.1) is 17.2 Å². The van der Waals surface area contributed by atoms with Gasteiger partial charge in [-0.05, 0) is 30.7 Å². The van der Waals surface area contributed by atoms with E-state index < -0.39 is 0 Å². The molecular weight excluding hydrogens is 280 g/mol. The number of nitrogens with zero attached hydrogens (tertiary/aromatic N) is 2. The van der Waals surface area contributed by atoms with Crippen LogP contribution in [-0.2, 0) is 0 Å². The molecule has 108 valence electrons. The summed E-state index contributed by atoms with van der Waals surface area (Å²) in [4.78, 5) is 8.95. The monoisotopic (exact) mass is 294 g/mol. The van der Waals surface area contributed by atoms with Crippen molar-refractivity contribution in [3.63, 3.8) is 0 Å². The highest BCUT2D eigenvalue weighted by Crippen LogP contribution is 2.22. The summed E-state index contributed by atoms with van der Waals surface area (Å²) in [5.41, 5.74) is 5.02. The fourth-order valence-corrected chi connectivity index (χ4v) is 2.66. The summed E-state index contributed by atoms with van der Waals surface area (Å²) >= 11 is 0. The molecule has 2 heterocycles. The number of rotatable bonds is 0. The quantitative estimate of drug-likeness (QED) is 0.353. The lowest BCUT2D eigenvalue weighted by Gasteiger charge is -2.02. The highest BCUT2D eigenvalue weighted by molar-refractivity contribution is 6.04. The van der Waals surface area contributed by atoms with Crippen LogP contribution in [0, 0.1) is 18.8 Å². The SMILES string of the molecule is Cc1ccccc1C#Cc1cnc2cnc3ccccc3c2c1. The molecule has 2 aromatic carbocycles. The third-order valence-electron chi connectivity index (χ3n) is 3.93. The van der Waals surface area contributed by atoms with Gasteiger partial charge in [-0.2, -0.15) is 0 Å². The first-order valence-corrected chi connectivity index (χ1v) is 7.52. The van der Waals surface area contributed by atoms with Gasteiger partial charge in [0.2, 0.25) is 0 Å². The minimum atomic E-state index is 0.894. The normalized spacial score (nSPS) is 10.5. The molecule has 0 saturated heterocycles. The van der Waals surface area contributed by atoms with Crippen molar-refractivity contribution in [1.29, 1.82) is 0 Å². The molecule has 23 heavy (non-hydrogen) atoms. The second-order valence-electron chi connectivity index (χ2n) is 5.50. The Balaban J connectivity index is 1.86. The van der Waals surface area contributed by atoms with Crippen LogP contribution in [0.3, 0.4) is 0 Å². The van der Waals surface area contributed by atoms with E-state index >= 15 is 0 Å². The van der Waals surface area contributed by atoms with Crippen LogP contribution in [0.25, 0.3) is 21.8 Å². The van der Waals surface area contributed by atoms with Crippen LogP contribution in [0.1, 0.15) is 16.7 Å². The molecule has 0 bridgehead atoms. The molecule has 2 nitrogen and oxygen atoms in total. The summed E-state index contributed by atoms with van der Waals surface area (Å²) in [6, 6.07) is 18.3. The maximum absolute atomic E-state index is 4.50. The Morgan fingerprint density at radius 3 is 2.43 bits per heavy atom. The van der Waals surface area contributed by atoms with E-state index in [1.807, 2.05) is 48.8 Å². The first kappa shape index (κ1) is 13.5. The molecule has 0 fully saturated rings. The Labute approximate surface area is 134 Å². The molecule has 0 unspecified atom stereocenters. The van der Waals surface area contributed by atoms with E-state index in [2.05, 4.69) is 46.9 Å². The first-order valence-electron chi connectivity index (χ1n) is 7.52. The number of benzene rings is 2. The Bertz CT molecular complexity index is 1080. The Hall–Kier alpha value is -3.18. The first-order chi connectivity index (χ1) is 11.3. The van der Waals surface area contributed by atoms with E-state index in [9.17, 15) is 0 Å². The molecular formula is C21H14N2. The predicted molar refractivity (Wildman–Crippen MR) is 94.2 cm³/mol. The average molecular weight is 294 g/mol. The smallest absolute Gasteiger partial charge is 0.0892 e. The Kier molecular flexibility index (Phi) is 3.25. The molecule has 0 spiro atoms. The number of aromatic nitrogens is 2. The lowest BCUT2D eigenvalue weighted by Crippen LogP contribution is -1.87. The largest absolute Gasteiger partial charge is 0.254 e. The van der Waals surface area contributed by atoms with Crippen molar-refractivity contribution in [2.75, 3.05) is 0 Å². The van der Waals surface area contributed by atoms with Crippen molar-refractivity contribution in [2.45, 2.75) is 6.92 Å². The van der Waals surface area contributed by atoms with Crippen molar-refractivity contribution in [3.05, 3.63) is 83.7 Å². The van der Waals surface area contributed by atoms with Crippen molar-refractivity contribution < 1.29 is 0 Å². The van der Waals surface area contributed by atoms with Crippen LogP contribution < -0.4 is 0 Å². The lowest BCUT2D eigenvalue weighted by molar-refractivity contribution is 1.35. The summed E-state index contributed by atoms with van der Waals surface area (Å²) in [6.45, 7) is 2.07. The van der Waals surface area contributed by atoms with Gasteiger partial charge in [0.25, 0.3) is 0 Å². The highest BCUT2D eigenvalue weighted by atomic mass is 14.7. The van der Waals surface area contributed by atoms with E-state index in [4.69, 9.17) is 0 Å². The third kappa shape index (κ3) is 2.54. The lowest BCUT2D eigenvalue weighted by atomic mass is 10.1. The van der Waals surface area contributed by atoms with Crippen LogP contribution in [0.5, 0.6) is 0 Å². The molecule has 0 aliphatic rings. The summed E-state index contributed by atoms with van der Waals surface area (Å²) < 4.78 is 0. The second kappa shape index (κ2) is 5.55. The summed E-state index contributed by atoms with van der Waals surface area (Å²) in [6.07, 6.45) is 3.63. The van der Waals surface area contributed by atoms with Gasteiger partial charge in [0.15, 0.2) is 0 Å². The molecule has 2 aromatic heterocycles. The zero-order chi connectivity index (χ0) is 15.6. The summed E-state index contributed by atoms with van der Waals surface area (Å²) in [5.74, 6) is 6.46. The van der Waals surface area contributed by atoms with Crippen LogP contribution in [0.2, 0.25) is 0 Å². The van der Waals surface area contributed by atoms with Gasteiger partial charge >= 0.3 is 0 Å². The van der Waals surface area contributed by atoms with Crippen LogP contribution in [-0.4, -0.2) is 9.97 Å². The van der Waals surface area contributed by atoms with Gasteiger partial charge < -0.3 is 0 Å². The van der Waals surface area contributed by atoms with E-state index in [0.29, 0.717) is 0 Å². The topological polar surface area (TPSA) is 25.8 Å². The zero-order valence-corrected chi connectivity index (χ0v) is 12.7. The number of hydrogen-bond acceptors (Lipinski definition) is 2. The third-order valence-corrected chi connectivity index (χ3v) is 3.93. The minimum Gasteiger partial charge on any atom is -0.254 e. The minimum absolute atomic E-state index is 0.894. The molecule has 0 radical (unpaired) electrons. The Morgan fingerprint density at radius 1 is 0.739 bits per heavy atom. The average Bonchev–Trinajstić information content (AvgIpc) is 2.61. The fraction of sp³-hybridized carbons (Fsp3) is 0.0476. The Morgan fingerprint density at radius 2 is 1.52 bits per heavy atom. The van der Waals surface area contributed by atoms with Gasteiger partial charge in [-0.25, -0.2) is 0 Å². The van der Waals surface area contributed by atoms with Crippen LogP contribution >= 0.6 is 0 Å². The van der Waals surface area contributed by atoms with E-state index in [1.54, 1.807) is 0 Å². The van der Waals surface area contributed by atoms with Gasteiger partial charge in [0, 0.05) is 28.1 Å². The van der Waals surface area contributed by atoms with Crippen LogP contribution in [0.4, 0.5) is 0 Å². The molecule has 2 heteroatoms. The maximum atomic E-state index is 4.50. The van der Waals surface area contributed by atoms with E-state index in [1.165, 1.54) is 5.56 Å². The maximum Gasteiger partial charge on any atom is 0.0892 e. The van der Waals surface area contributed by atoms with Gasteiger partial charge in [-0.3, -0.25) is 9.97 Å². The second-order valence-corrected chi connectivity index (χ2v) is 5.50. The molecule has 0 atom stereocenters. The zero-order valence-electron chi connectivity index (χ0n) is 12.7. The van der Waals surface area contributed by atoms with Crippen molar-refractivity contribution >= 4 is 21.8 Å². The molecule has 4 aromatic rings. The van der Waals surface area contributed by atoms with E-state index in [-0.39, 0.29) is 0 Å². The number of hydrogen-bond donors (Lipinski definition) is 0. The van der Waals surface area contributed by atoms with Crippen molar-refractivity contribution in [2.24, 2.45) is 0 Å². The molecule has 4 rings (SSSR count). The predicted octanol–water partition coefficient (Wildman–Crippen LogP) is 4.49. The number of para-hydroxylation sites is 1. The molecule has 0 N–H and O–H groups in total. The summed E-state index contributed by atoms with van der Waals surface area (Å²) in [5, 5.41) is 2.20. The molecule has 0 aliphatic carbocycles. The molecule has 0 amide bonds.